The molecule has 11 heteroatoms. The summed E-state index contributed by atoms with van der Waals surface area (Å²) in [6.45, 7) is 1.14. The second-order valence-electron chi connectivity index (χ2n) is 7.78. The molecule has 0 spiro atoms. The van der Waals surface area contributed by atoms with Crippen molar-refractivity contribution in [3.05, 3.63) is 29.3 Å². The van der Waals surface area contributed by atoms with Crippen molar-refractivity contribution < 1.29 is 21.6 Å². The summed E-state index contributed by atoms with van der Waals surface area (Å²) >= 11 is 1.65. The van der Waals surface area contributed by atoms with E-state index in [9.17, 15) is 21.6 Å². The third kappa shape index (κ3) is 4.68. The summed E-state index contributed by atoms with van der Waals surface area (Å²) in [6.07, 6.45) is 2.02. The number of piperazine rings is 1. The van der Waals surface area contributed by atoms with Crippen LogP contribution in [0, 0.1) is 0 Å². The van der Waals surface area contributed by atoms with Crippen LogP contribution < -0.4 is 0 Å². The molecule has 1 amide bonds. The molecule has 2 fully saturated rings. The maximum atomic E-state index is 12.7. The SMILES string of the molecule is O=C(CCCc1nc2ccccc2s1)N1CCN(S(=O)(=O)C2CCS(=O)(=O)C2)CC1. The third-order valence-electron chi connectivity index (χ3n) is 5.68. The van der Waals surface area contributed by atoms with Crippen LogP contribution in [0.2, 0.25) is 0 Å². The molecule has 1 atom stereocenters. The molecule has 1 aromatic heterocycles. The van der Waals surface area contributed by atoms with Gasteiger partial charge in [0.2, 0.25) is 15.9 Å². The predicted molar refractivity (Wildman–Crippen MR) is 117 cm³/mol. The highest BCUT2D eigenvalue weighted by Gasteiger charge is 2.41. The van der Waals surface area contributed by atoms with Crippen LogP contribution in [0.25, 0.3) is 10.2 Å². The Labute approximate surface area is 180 Å². The Hall–Kier alpha value is -1.56. The van der Waals surface area contributed by atoms with E-state index in [1.807, 2.05) is 24.3 Å². The molecule has 30 heavy (non-hydrogen) atoms. The first kappa shape index (κ1) is 21.7. The summed E-state index contributed by atoms with van der Waals surface area (Å²) in [7, 11) is -6.90. The first-order valence-corrected chi connectivity index (χ1v) is 14.2. The lowest BCUT2D eigenvalue weighted by molar-refractivity contribution is -0.132. The van der Waals surface area contributed by atoms with E-state index in [2.05, 4.69) is 4.98 Å². The number of rotatable bonds is 6. The fourth-order valence-corrected chi connectivity index (χ4v) is 9.50. The van der Waals surface area contributed by atoms with Crippen LogP contribution in [0.15, 0.2) is 24.3 Å². The van der Waals surface area contributed by atoms with Gasteiger partial charge < -0.3 is 4.90 Å². The Balaban J connectivity index is 1.25. The molecule has 0 N–H and O–H groups in total. The number of carbonyl (C=O) groups is 1. The highest BCUT2D eigenvalue weighted by molar-refractivity contribution is 7.95. The largest absolute Gasteiger partial charge is 0.340 e. The minimum absolute atomic E-state index is 0.0246. The maximum Gasteiger partial charge on any atom is 0.222 e. The summed E-state index contributed by atoms with van der Waals surface area (Å²) < 4.78 is 51.2. The standard InChI is InChI=1S/C19H25N3O5S3/c23-19(7-3-6-18-20-16-4-1-2-5-17(16)28-18)21-9-11-22(12-10-21)30(26,27)15-8-13-29(24,25)14-15/h1-2,4-5,15H,3,6-14H2. The smallest absolute Gasteiger partial charge is 0.222 e. The number of fused-ring (bicyclic) bond motifs is 1. The van der Waals surface area contributed by atoms with Gasteiger partial charge in [-0.2, -0.15) is 4.31 Å². The lowest BCUT2D eigenvalue weighted by Gasteiger charge is -2.35. The van der Waals surface area contributed by atoms with Crippen molar-refractivity contribution in [3.8, 4) is 0 Å². The molecule has 1 aromatic carbocycles. The Morgan fingerprint density at radius 3 is 2.57 bits per heavy atom. The Morgan fingerprint density at radius 1 is 1.17 bits per heavy atom. The number of nitrogens with zero attached hydrogens (tertiary/aromatic N) is 3. The van der Waals surface area contributed by atoms with Gasteiger partial charge in [-0.1, -0.05) is 12.1 Å². The van der Waals surface area contributed by atoms with Crippen molar-refractivity contribution in [2.75, 3.05) is 37.7 Å². The van der Waals surface area contributed by atoms with Crippen LogP contribution in [0.4, 0.5) is 0 Å². The number of sulfone groups is 1. The minimum Gasteiger partial charge on any atom is -0.340 e. The molecule has 2 aliphatic heterocycles. The predicted octanol–water partition coefficient (Wildman–Crippen LogP) is 1.28. The molecule has 1 unspecified atom stereocenters. The molecular weight excluding hydrogens is 446 g/mol. The third-order valence-corrected chi connectivity index (χ3v) is 11.1. The van der Waals surface area contributed by atoms with Gasteiger partial charge >= 0.3 is 0 Å². The van der Waals surface area contributed by atoms with Crippen LogP contribution in [-0.4, -0.2) is 79.9 Å². The van der Waals surface area contributed by atoms with Gasteiger partial charge in [-0.05, 0) is 31.4 Å². The van der Waals surface area contributed by atoms with Crippen molar-refractivity contribution in [2.45, 2.75) is 30.9 Å². The van der Waals surface area contributed by atoms with E-state index in [0.29, 0.717) is 25.9 Å². The summed E-state index contributed by atoms with van der Waals surface area (Å²) in [6, 6.07) is 7.96. The first-order valence-electron chi connectivity index (χ1n) is 10.1. The van der Waals surface area contributed by atoms with Crippen molar-refractivity contribution in [3.63, 3.8) is 0 Å². The average Bonchev–Trinajstić information content (AvgIpc) is 3.30. The Kier molecular flexibility index (Phi) is 6.16. The van der Waals surface area contributed by atoms with Crippen LogP contribution in [-0.2, 0) is 31.1 Å². The van der Waals surface area contributed by atoms with Gasteiger partial charge in [-0.15, -0.1) is 11.3 Å². The molecule has 3 heterocycles. The molecule has 2 aliphatic rings. The molecule has 4 rings (SSSR count). The van der Waals surface area contributed by atoms with E-state index < -0.39 is 25.1 Å². The lowest BCUT2D eigenvalue weighted by Crippen LogP contribution is -2.52. The quantitative estimate of drug-likeness (QED) is 0.629. The van der Waals surface area contributed by atoms with Crippen LogP contribution >= 0.6 is 11.3 Å². The average molecular weight is 472 g/mol. The number of thiazole rings is 1. The van der Waals surface area contributed by atoms with Gasteiger partial charge in [0.15, 0.2) is 9.84 Å². The van der Waals surface area contributed by atoms with E-state index >= 15 is 0 Å². The van der Waals surface area contributed by atoms with Gasteiger partial charge in [0.25, 0.3) is 0 Å². The molecule has 0 saturated carbocycles. The van der Waals surface area contributed by atoms with Gasteiger partial charge in [0, 0.05) is 32.6 Å². The normalized spacial score (nSPS) is 22.5. The zero-order chi connectivity index (χ0) is 21.4. The molecular formula is C19H25N3O5S3. The number of hydrogen-bond donors (Lipinski definition) is 0. The highest BCUT2D eigenvalue weighted by Crippen LogP contribution is 2.24. The monoisotopic (exact) mass is 471 g/mol. The zero-order valence-corrected chi connectivity index (χ0v) is 19.0. The van der Waals surface area contributed by atoms with Crippen LogP contribution in [0.3, 0.4) is 0 Å². The molecule has 0 bridgehead atoms. The molecule has 0 radical (unpaired) electrons. The van der Waals surface area contributed by atoms with E-state index in [-0.39, 0.29) is 36.9 Å². The van der Waals surface area contributed by atoms with E-state index in [0.717, 1.165) is 21.6 Å². The minimum atomic E-state index is -3.64. The number of para-hydroxylation sites is 1. The number of amides is 1. The Morgan fingerprint density at radius 2 is 1.90 bits per heavy atom. The van der Waals surface area contributed by atoms with Crippen LogP contribution in [0.1, 0.15) is 24.3 Å². The second-order valence-corrected chi connectivity index (χ2v) is 13.3. The maximum absolute atomic E-state index is 12.7. The van der Waals surface area contributed by atoms with E-state index in [1.165, 1.54) is 4.31 Å². The van der Waals surface area contributed by atoms with Crippen molar-refractivity contribution in [2.24, 2.45) is 0 Å². The topological polar surface area (TPSA) is 105 Å². The second kappa shape index (κ2) is 8.52. The summed E-state index contributed by atoms with van der Waals surface area (Å²) in [5.41, 5.74) is 0.983. The molecule has 0 aliphatic carbocycles. The molecule has 2 aromatic rings. The highest BCUT2D eigenvalue weighted by atomic mass is 32.2. The Bertz CT molecular complexity index is 1100. The summed E-state index contributed by atoms with van der Waals surface area (Å²) in [5, 5.41) is 0.171. The van der Waals surface area contributed by atoms with Gasteiger partial charge in [0.05, 0.1) is 32.0 Å². The summed E-state index contributed by atoms with van der Waals surface area (Å²) in [5.74, 6) is -0.332. The van der Waals surface area contributed by atoms with Crippen LogP contribution in [0.5, 0.6) is 0 Å². The number of sulfonamides is 1. The first-order chi connectivity index (χ1) is 14.2. The van der Waals surface area contributed by atoms with Gasteiger partial charge in [-0.25, -0.2) is 21.8 Å². The number of carbonyl (C=O) groups excluding carboxylic acids is 1. The van der Waals surface area contributed by atoms with Gasteiger partial charge in [0.1, 0.15) is 0 Å². The zero-order valence-electron chi connectivity index (χ0n) is 16.6. The number of hydrogen-bond acceptors (Lipinski definition) is 7. The molecule has 164 valence electrons. The van der Waals surface area contributed by atoms with Crippen molar-refractivity contribution in [1.29, 1.82) is 0 Å². The lowest BCUT2D eigenvalue weighted by atomic mass is 10.2. The van der Waals surface area contributed by atoms with E-state index in [4.69, 9.17) is 0 Å². The molecule has 8 nitrogen and oxygen atoms in total. The molecule has 2 saturated heterocycles. The fourth-order valence-electron chi connectivity index (χ4n) is 3.97. The van der Waals surface area contributed by atoms with Gasteiger partial charge in [-0.3, -0.25) is 4.79 Å². The van der Waals surface area contributed by atoms with Crippen molar-refractivity contribution >= 4 is 47.3 Å². The number of benzene rings is 1. The van der Waals surface area contributed by atoms with Crippen molar-refractivity contribution in [1.82, 2.24) is 14.2 Å². The summed E-state index contributed by atoms with van der Waals surface area (Å²) in [4.78, 5) is 18.8. The number of aryl methyl sites for hydroxylation is 1. The van der Waals surface area contributed by atoms with E-state index in [1.54, 1.807) is 16.2 Å². The number of aromatic nitrogens is 1. The fraction of sp³-hybridized carbons (Fsp3) is 0.579.